The fourth-order valence-electron chi connectivity index (χ4n) is 1.58. The largest absolute Gasteiger partial charge is 0.508 e. The maximum Gasteiger partial charge on any atom is 0.224 e. The van der Waals surface area contributed by atoms with E-state index in [9.17, 15) is 9.90 Å². The van der Waals surface area contributed by atoms with Crippen molar-refractivity contribution in [2.75, 3.05) is 7.11 Å². The van der Waals surface area contributed by atoms with Gasteiger partial charge >= 0.3 is 0 Å². The molecule has 4 nitrogen and oxygen atoms in total. The topological polar surface area (TPSA) is 58.6 Å². The second kappa shape index (κ2) is 4.43. The van der Waals surface area contributed by atoms with Gasteiger partial charge in [0.2, 0.25) is 5.91 Å². The number of methoxy groups -OCH3 is 1. The number of ether oxygens (including phenoxy) is 1. The van der Waals surface area contributed by atoms with E-state index in [4.69, 9.17) is 4.74 Å². The number of phenolic OH excluding ortho intramolecular Hbond substituents is 1. The van der Waals surface area contributed by atoms with Crippen molar-refractivity contribution in [3.8, 4) is 11.5 Å². The van der Waals surface area contributed by atoms with Gasteiger partial charge in [-0.1, -0.05) is 0 Å². The summed E-state index contributed by atoms with van der Waals surface area (Å²) in [7, 11) is 1.55. The SMILES string of the molecule is COc1ccc(O)cc1CC(=O)NC1CC1. The van der Waals surface area contributed by atoms with Crippen LogP contribution < -0.4 is 10.1 Å². The Morgan fingerprint density at radius 3 is 2.94 bits per heavy atom. The highest BCUT2D eigenvalue weighted by molar-refractivity contribution is 5.80. The first kappa shape index (κ1) is 10.8. The Bertz CT molecular complexity index is 399. The summed E-state index contributed by atoms with van der Waals surface area (Å²) in [5, 5.41) is 12.2. The van der Waals surface area contributed by atoms with Gasteiger partial charge in [-0.25, -0.2) is 0 Å². The maximum atomic E-state index is 11.6. The number of nitrogens with one attached hydrogen (secondary N) is 1. The van der Waals surface area contributed by atoms with E-state index < -0.39 is 0 Å². The average molecular weight is 221 g/mol. The van der Waals surface area contributed by atoms with Crippen LogP contribution in [0.25, 0.3) is 0 Å². The minimum atomic E-state index is -0.0219. The van der Waals surface area contributed by atoms with E-state index in [1.807, 2.05) is 0 Å². The molecule has 0 bridgehead atoms. The summed E-state index contributed by atoms with van der Waals surface area (Å²) in [5.74, 6) is 0.755. The highest BCUT2D eigenvalue weighted by atomic mass is 16.5. The molecule has 1 aliphatic rings. The molecule has 1 aromatic carbocycles. The number of hydrogen-bond acceptors (Lipinski definition) is 3. The summed E-state index contributed by atoms with van der Waals surface area (Å²) in [4.78, 5) is 11.6. The van der Waals surface area contributed by atoms with Crippen molar-refractivity contribution in [3.63, 3.8) is 0 Å². The summed E-state index contributed by atoms with van der Waals surface area (Å²) in [6.07, 6.45) is 2.39. The van der Waals surface area contributed by atoms with E-state index in [1.54, 1.807) is 25.3 Å². The first-order valence-corrected chi connectivity index (χ1v) is 5.34. The van der Waals surface area contributed by atoms with Crippen LogP contribution in [0.3, 0.4) is 0 Å². The van der Waals surface area contributed by atoms with Crippen LogP contribution in [0.1, 0.15) is 18.4 Å². The van der Waals surface area contributed by atoms with Gasteiger partial charge in [-0.3, -0.25) is 4.79 Å². The Balaban J connectivity index is 2.05. The van der Waals surface area contributed by atoms with Gasteiger partial charge in [0.1, 0.15) is 11.5 Å². The lowest BCUT2D eigenvalue weighted by Gasteiger charge is -2.09. The molecule has 1 fully saturated rings. The van der Waals surface area contributed by atoms with Crippen LogP contribution in [0.15, 0.2) is 18.2 Å². The zero-order chi connectivity index (χ0) is 11.5. The molecule has 0 spiro atoms. The Labute approximate surface area is 94.2 Å². The van der Waals surface area contributed by atoms with E-state index in [-0.39, 0.29) is 18.1 Å². The number of carbonyl (C=O) groups excluding carboxylic acids is 1. The summed E-state index contributed by atoms with van der Waals surface area (Å²) in [6, 6.07) is 5.12. The van der Waals surface area contributed by atoms with Gasteiger partial charge in [0, 0.05) is 11.6 Å². The fraction of sp³-hybridized carbons (Fsp3) is 0.417. The van der Waals surface area contributed by atoms with Crippen molar-refractivity contribution in [1.29, 1.82) is 0 Å². The van der Waals surface area contributed by atoms with Crippen molar-refractivity contribution in [3.05, 3.63) is 23.8 Å². The summed E-state index contributed by atoms with van der Waals surface area (Å²) in [6.45, 7) is 0. The molecule has 0 aromatic heterocycles. The van der Waals surface area contributed by atoms with Gasteiger partial charge in [-0.15, -0.1) is 0 Å². The zero-order valence-corrected chi connectivity index (χ0v) is 9.19. The monoisotopic (exact) mass is 221 g/mol. The molecule has 1 aromatic rings. The van der Waals surface area contributed by atoms with Crippen molar-refractivity contribution < 1.29 is 14.6 Å². The smallest absolute Gasteiger partial charge is 0.224 e. The molecule has 4 heteroatoms. The average Bonchev–Trinajstić information content (AvgIpc) is 3.02. The second-order valence-electron chi connectivity index (χ2n) is 4.01. The standard InChI is InChI=1S/C12H15NO3/c1-16-11-5-4-10(14)6-8(11)7-12(15)13-9-2-3-9/h4-6,9,14H,2-3,7H2,1H3,(H,13,15). The molecule has 86 valence electrons. The lowest BCUT2D eigenvalue weighted by molar-refractivity contribution is -0.120. The number of rotatable bonds is 4. The molecule has 0 aliphatic heterocycles. The van der Waals surface area contributed by atoms with Crippen LogP contribution in [-0.4, -0.2) is 24.2 Å². The lowest BCUT2D eigenvalue weighted by atomic mass is 10.1. The van der Waals surface area contributed by atoms with Crippen LogP contribution in [0.2, 0.25) is 0 Å². The molecular weight excluding hydrogens is 206 g/mol. The van der Waals surface area contributed by atoms with E-state index in [1.165, 1.54) is 0 Å². The highest BCUT2D eigenvalue weighted by Crippen LogP contribution is 2.24. The third-order valence-electron chi connectivity index (χ3n) is 2.56. The molecule has 0 saturated heterocycles. The van der Waals surface area contributed by atoms with Gasteiger partial charge in [-0.2, -0.15) is 0 Å². The van der Waals surface area contributed by atoms with Crippen molar-refractivity contribution in [1.82, 2.24) is 5.32 Å². The fourth-order valence-corrected chi connectivity index (χ4v) is 1.58. The predicted octanol–water partition coefficient (Wildman–Crippen LogP) is 1.22. The van der Waals surface area contributed by atoms with Crippen LogP contribution in [0, 0.1) is 0 Å². The molecule has 16 heavy (non-hydrogen) atoms. The van der Waals surface area contributed by atoms with Crippen molar-refractivity contribution in [2.24, 2.45) is 0 Å². The molecule has 1 aliphatic carbocycles. The molecule has 0 radical (unpaired) electrons. The van der Waals surface area contributed by atoms with E-state index in [0.717, 1.165) is 12.8 Å². The Morgan fingerprint density at radius 2 is 2.31 bits per heavy atom. The minimum absolute atomic E-state index is 0.0219. The maximum absolute atomic E-state index is 11.6. The van der Waals surface area contributed by atoms with Crippen LogP contribution in [0.4, 0.5) is 0 Å². The predicted molar refractivity (Wildman–Crippen MR) is 59.5 cm³/mol. The summed E-state index contributed by atoms with van der Waals surface area (Å²) < 4.78 is 5.13. The first-order chi connectivity index (χ1) is 7.69. The lowest BCUT2D eigenvalue weighted by Crippen LogP contribution is -2.27. The van der Waals surface area contributed by atoms with Gasteiger partial charge in [0.05, 0.1) is 13.5 Å². The van der Waals surface area contributed by atoms with Crippen molar-refractivity contribution >= 4 is 5.91 Å². The third kappa shape index (κ3) is 2.66. The number of aromatic hydroxyl groups is 1. The van der Waals surface area contributed by atoms with Gasteiger partial charge in [-0.05, 0) is 31.0 Å². The quantitative estimate of drug-likeness (QED) is 0.803. The molecule has 0 unspecified atom stereocenters. The van der Waals surface area contributed by atoms with Gasteiger partial charge in [0.25, 0.3) is 0 Å². The Morgan fingerprint density at radius 1 is 1.56 bits per heavy atom. The molecule has 0 heterocycles. The number of amides is 1. The van der Waals surface area contributed by atoms with Crippen LogP contribution >= 0.6 is 0 Å². The zero-order valence-electron chi connectivity index (χ0n) is 9.19. The molecule has 0 atom stereocenters. The van der Waals surface area contributed by atoms with Crippen molar-refractivity contribution in [2.45, 2.75) is 25.3 Å². The normalized spacial score (nSPS) is 14.6. The second-order valence-corrected chi connectivity index (χ2v) is 4.01. The van der Waals surface area contributed by atoms with E-state index in [0.29, 0.717) is 17.4 Å². The van der Waals surface area contributed by atoms with Crippen LogP contribution in [-0.2, 0) is 11.2 Å². The number of phenols is 1. The Kier molecular flexibility index (Phi) is 2.99. The molecule has 1 saturated carbocycles. The highest BCUT2D eigenvalue weighted by Gasteiger charge is 2.23. The minimum Gasteiger partial charge on any atom is -0.508 e. The number of hydrogen-bond donors (Lipinski definition) is 2. The third-order valence-corrected chi connectivity index (χ3v) is 2.56. The van der Waals surface area contributed by atoms with E-state index >= 15 is 0 Å². The number of carbonyl (C=O) groups is 1. The summed E-state index contributed by atoms with van der Waals surface area (Å²) in [5.41, 5.74) is 0.709. The molecule has 1 amide bonds. The molecule has 2 rings (SSSR count). The van der Waals surface area contributed by atoms with Gasteiger partial charge in [0.15, 0.2) is 0 Å². The summed E-state index contributed by atoms with van der Waals surface area (Å²) >= 11 is 0. The number of benzene rings is 1. The Hall–Kier alpha value is -1.71. The van der Waals surface area contributed by atoms with E-state index in [2.05, 4.69) is 5.32 Å². The van der Waals surface area contributed by atoms with Gasteiger partial charge < -0.3 is 15.2 Å². The molecular formula is C12H15NO3. The molecule has 2 N–H and O–H groups in total. The first-order valence-electron chi connectivity index (χ1n) is 5.34. The van der Waals surface area contributed by atoms with Crippen LogP contribution in [0.5, 0.6) is 11.5 Å².